The van der Waals surface area contributed by atoms with Crippen LogP contribution >= 0.6 is 0 Å². The van der Waals surface area contributed by atoms with E-state index in [1.165, 1.54) is 0 Å². The molecule has 6 nitrogen and oxygen atoms in total. The van der Waals surface area contributed by atoms with E-state index in [0.29, 0.717) is 13.1 Å². The highest BCUT2D eigenvalue weighted by atomic mass is 16.3. The van der Waals surface area contributed by atoms with Crippen LogP contribution < -0.4 is 5.32 Å². The monoisotopic (exact) mass is 277 g/mol. The fourth-order valence-corrected chi connectivity index (χ4v) is 2.74. The van der Waals surface area contributed by atoms with Gasteiger partial charge in [-0.2, -0.15) is 0 Å². The van der Waals surface area contributed by atoms with E-state index < -0.39 is 6.23 Å². The molecule has 0 amide bonds. The second-order valence-corrected chi connectivity index (χ2v) is 4.81. The molecule has 0 radical (unpaired) electrons. The van der Waals surface area contributed by atoms with Gasteiger partial charge in [0, 0.05) is 13.1 Å². The molecule has 0 bridgehead atoms. The Hall–Kier alpha value is -1.74. The van der Waals surface area contributed by atoms with Crippen LogP contribution in [0.3, 0.4) is 0 Å². The zero-order valence-electron chi connectivity index (χ0n) is 12.6. The van der Waals surface area contributed by atoms with Crippen LogP contribution in [0.2, 0.25) is 0 Å². The molecule has 3 atom stereocenters. The maximum absolute atomic E-state index is 10.4. The van der Waals surface area contributed by atoms with E-state index in [2.05, 4.69) is 38.9 Å². The molecule has 0 aliphatic carbocycles. The summed E-state index contributed by atoms with van der Waals surface area (Å²) >= 11 is 0. The van der Waals surface area contributed by atoms with Crippen molar-refractivity contribution in [2.24, 2.45) is 9.98 Å². The standard InChI is InChI=1S/C14H23N5O/c1-5-8-9-19-10(4)16-12-11(19)13(20)17-14(15-6-2)18(12)7-3/h11-13,20H,6-7,9H2,1-4H3,(H,15,17). The van der Waals surface area contributed by atoms with E-state index in [1.807, 2.05) is 20.8 Å². The van der Waals surface area contributed by atoms with Crippen molar-refractivity contribution < 1.29 is 5.11 Å². The summed E-state index contributed by atoms with van der Waals surface area (Å²) in [7, 11) is 0. The van der Waals surface area contributed by atoms with E-state index in [4.69, 9.17) is 4.99 Å². The van der Waals surface area contributed by atoms with Crippen molar-refractivity contribution in [3.63, 3.8) is 0 Å². The van der Waals surface area contributed by atoms with Crippen LogP contribution in [0.5, 0.6) is 0 Å². The third-order valence-electron chi connectivity index (χ3n) is 3.67. The first-order valence-electron chi connectivity index (χ1n) is 7.10. The molecule has 0 saturated carbocycles. The van der Waals surface area contributed by atoms with Crippen molar-refractivity contribution in [1.82, 2.24) is 15.1 Å². The first-order chi connectivity index (χ1) is 9.63. The van der Waals surface area contributed by atoms with Gasteiger partial charge in [-0.1, -0.05) is 5.92 Å². The van der Waals surface area contributed by atoms with Crippen LogP contribution in [0.4, 0.5) is 0 Å². The third-order valence-corrected chi connectivity index (χ3v) is 3.67. The fourth-order valence-electron chi connectivity index (χ4n) is 2.74. The minimum absolute atomic E-state index is 0.0970. The molecule has 2 aliphatic heterocycles. The molecule has 0 aromatic rings. The Morgan fingerprint density at radius 1 is 1.40 bits per heavy atom. The average Bonchev–Trinajstić information content (AvgIpc) is 2.74. The molecule has 2 heterocycles. The first kappa shape index (κ1) is 14.7. The molecule has 2 aliphatic rings. The van der Waals surface area contributed by atoms with Gasteiger partial charge in [0.05, 0.1) is 12.4 Å². The Morgan fingerprint density at radius 3 is 2.75 bits per heavy atom. The van der Waals surface area contributed by atoms with Gasteiger partial charge in [0.15, 0.2) is 12.2 Å². The predicted octanol–water partition coefficient (Wildman–Crippen LogP) is 0.0578. The smallest absolute Gasteiger partial charge is 0.197 e. The summed E-state index contributed by atoms with van der Waals surface area (Å²) in [5.41, 5.74) is 0. The van der Waals surface area contributed by atoms with E-state index in [1.54, 1.807) is 0 Å². The Balaban J connectivity index is 2.29. The molecule has 2 N–H and O–H groups in total. The first-order valence-corrected chi connectivity index (χ1v) is 7.10. The van der Waals surface area contributed by atoms with E-state index in [-0.39, 0.29) is 12.2 Å². The number of hydrogen-bond donors (Lipinski definition) is 2. The van der Waals surface area contributed by atoms with Crippen molar-refractivity contribution in [2.45, 2.75) is 46.1 Å². The lowest BCUT2D eigenvalue weighted by Crippen LogP contribution is -2.67. The maximum Gasteiger partial charge on any atom is 0.197 e. The Kier molecular flexibility index (Phi) is 4.50. The van der Waals surface area contributed by atoms with Crippen LogP contribution in [0.15, 0.2) is 9.98 Å². The van der Waals surface area contributed by atoms with Gasteiger partial charge in [-0.15, -0.1) is 5.92 Å². The van der Waals surface area contributed by atoms with Crippen molar-refractivity contribution in [2.75, 3.05) is 19.6 Å². The van der Waals surface area contributed by atoms with E-state index in [9.17, 15) is 5.11 Å². The molecular formula is C14H23N5O. The SMILES string of the molecule is CC#CCN1C(C)=NC2C1C(O)NC(=NCC)N2CC. The number of rotatable bonds is 3. The Labute approximate surface area is 120 Å². The van der Waals surface area contributed by atoms with Crippen LogP contribution in [0.1, 0.15) is 27.7 Å². The Bertz CT molecular complexity index is 476. The van der Waals surface area contributed by atoms with Gasteiger partial charge >= 0.3 is 0 Å². The van der Waals surface area contributed by atoms with Gasteiger partial charge in [0.1, 0.15) is 12.2 Å². The van der Waals surface area contributed by atoms with Crippen molar-refractivity contribution in [3.05, 3.63) is 0 Å². The molecule has 0 spiro atoms. The minimum atomic E-state index is -0.687. The zero-order valence-corrected chi connectivity index (χ0v) is 12.6. The van der Waals surface area contributed by atoms with Gasteiger partial charge in [0.25, 0.3) is 0 Å². The fraction of sp³-hybridized carbons (Fsp3) is 0.714. The Morgan fingerprint density at radius 2 is 2.15 bits per heavy atom. The molecule has 2 rings (SSSR count). The van der Waals surface area contributed by atoms with Gasteiger partial charge in [-0.05, 0) is 27.7 Å². The van der Waals surface area contributed by atoms with Gasteiger partial charge in [-0.3, -0.25) is 4.99 Å². The summed E-state index contributed by atoms with van der Waals surface area (Å²) in [6, 6.07) is -0.119. The number of nitrogens with zero attached hydrogens (tertiary/aromatic N) is 4. The number of aliphatic imine (C=N–C) groups is 2. The summed E-state index contributed by atoms with van der Waals surface area (Å²) in [6.07, 6.45) is -0.784. The largest absolute Gasteiger partial charge is 0.371 e. The number of amidine groups is 1. The molecule has 0 aromatic heterocycles. The molecule has 0 aromatic carbocycles. The number of aliphatic hydroxyl groups excluding tert-OH is 1. The van der Waals surface area contributed by atoms with Crippen molar-refractivity contribution >= 4 is 11.8 Å². The van der Waals surface area contributed by atoms with Gasteiger partial charge < -0.3 is 20.2 Å². The van der Waals surface area contributed by atoms with E-state index >= 15 is 0 Å². The number of aliphatic hydroxyl groups is 1. The predicted molar refractivity (Wildman–Crippen MR) is 80.3 cm³/mol. The lowest BCUT2D eigenvalue weighted by molar-refractivity contribution is 0.0250. The number of hydrogen-bond acceptors (Lipinski definition) is 4. The summed E-state index contributed by atoms with van der Waals surface area (Å²) in [5.74, 6) is 7.59. The highest BCUT2D eigenvalue weighted by Crippen LogP contribution is 2.26. The second-order valence-electron chi connectivity index (χ2n) is 4.81. The zero-order chi connectivity index (χ0) is 14.7. The summed E-state index contributed by atoms with van der Waals surface area (Å²) < 4.78 is 0. The number of fused-ring (bicyclic) bond motifs is 1. The number of likely N-dealkylation sites (N-methyl/N-ethyl adjacent to an activating group) is 1. The quantitative estimate of drug-likeness (QED) is 0.716. The summed E-state index contributed by atoms with van der Waals surface area (Å²) in [4.78, 5) is 13.3. The molecule has 6 heteroatoms. The summed E-state index contributed by atoms with van der Waals surface area (Å²) in [6.45, 7) is 9.89. The normalized spacial score (nSPS) is 30.6. The molecule has 3 unspecified atom stereocenters. The molecule has 1 fully saturated rings. The van der Waals surface area contributed by atoms with Gasteiger partial charge in [-0.25, -0.2) is 4.99 Å². The highest BCUT2D eigenvalue weighted by Gasteiger charge is 2.46. The number of nitrogens with one attached hydrogen (secondary N) is 1. The lowest BCUT2D eigenvalue weighted by Gasteiger charge is -2.43. The minimum Gasteiger partial charge on any atom is -0.371 e. The molecular weight excluding hydrogens is 254 g/mol. The van der Waals surface area contributed by atoms with Crippen molar-refractivity contribution in [1.29, 1.82) is 0 Å². The topological polar surface area (TPSA) is 63.5 Å². The molecule has 110 valence electrons. The molecule has 20 heavy (non-hydrogen) atoms. The average molecular weight is 277 g/mol. The van der Waals surface area contributed by atoms with E-state index in [0.717, 1.165) is 18.3 Å². The highest BCUT2D eigenvalue weighted by molar-refractivity contribution is 5.86. The van der Waals surface area contributed by atoms with Crippen LogP contribution in [-0.2, 0) is 0 Å². The molecule has 1 saturated heterocycles. The van der Waals surface area contributed by atoms with Crippen LogP contribution in [-0.4, -0.2) is 64.8 Å². The maximum atomic E-state index is 10.4. The lowest BCUT2D eigenvalue weighted by atomic mass is 10.1. The van der Waals surface area contributed by atoms with Crippen molar-refractivity contribution in [3.8, 4) is 11.8 Å². The van der Waals surface area contributed by atoms with Crippen LogP contribution in [0, 0.1) is 11.8 Å². The van der Waals surface area contributed by atoms with Gasteiger partial charge in [0.2, 0.25) is 0 Å². The summed E-state index contributed by atoms with van der Waals surface area (Å²) in [5, 5.41) is 13.5. The second kappa shape index (κ2) is 6.14. The number of guanidine groups is 1. The van der Waals surface area contributed by atoms with Crippen LogP contribution in [0.25, 0.3) is 0 Å². The third kappa shape index (κ3) is 2.46.